The first-order valence-electron chi connectivity index (χ1n) is 8.46. The molecule has 2 heterocycles. The van der Waals surface area contributed by atoms with Crippen molar-refractivity contribution in [2.24, 2.45) is 5.92 Å². The maximum atomic E-state index is 12.6. The zero-order chi connectivity index (χ0) is 17.6. The molecule has 0 aromatic heterocycles. The highest BCUT2D eigenvalue weighted by molar-refractivity contribution is 5.85. The minimum Gasteiger partial charge on any atom is -0.454 e. The van der Waals surface area contributed by atoms with E-state index in [0.29, 0.717) is 29.4 Å². The molecular weight excluding hydrogens is 370 g/mol. The SMILES string of the molecule is Cl.O=C(CCC1CCNCC1)NCc1cc2c(cc1OC(F)F)OCO2. The van der Waals surface area contributed by atoms with E-state index in [9.17, 15) is 13.6 Å². The fraction of sp³-hybridized carbons (Fsp3) is 0.588. The maximum Gasteiger partial charge on any atom is 0.387 e. The molecular formula is C17H23ClF2N2O4. The maximum absolute atomic E-state index is 12.6. The summed E-state index contributed by atoms with van der Waals surface area (Å²) in [5.74, 6) is 1.27. The van der Waals surface area contributed by atoms with Crippen molar-refractivity contribution in [2.75, 3.05) is 19.9 Å². The number of amides is 1. The molecule has 1 saturated heterocycles. The number of carbonyl (C=O) groups excluding carboxylic acids is 1. The first-order chi connectivity index (χ1) is 12.1. The number of fused-ring (bicyclic) bond motifs is 1. The van der Waals surface area contributed by atoms with Crippen LogP contribution in [-0.4, -0.2) is 32.4 Å². The van der Waals surface area contributed by atoms with Crippen molar-refractivity contribution in [1.82, 2.24) is 10.6 Å². The molecule has 0 spiro atoms. The molecule has 9 heteroatoms. The first-order valence-corrected chi connectivity index (χ1v) is 8.46. The van der Waals surface area contributed by atoms with Gasteiger partial charge in [0.15, 0.2) is 11.5 Å². The summed E-state index contributed by atoms with van der Waals surface area (Å²) in [6, 6.07) is 2.93. The number of piperidine rings is 1. The Hall–Kier alpha value is -1.80. The molecule has 26 heavy (non-hydrogen) atoms. The Balaban J connectivity index is 0.00000243. The van der Waals surface area contributed by atoms with Gasteiger partial charge in [0, 0.05) is 24.6 Å². The van der Waals surface area contributed by atoms with Crippen molar-refractivity contribution in [3.8, 4) is 17.2 Å². The topological polar surface area (TPSA) is 68.8 Å². The number of carbonyl (C=O) groups is 1. The number of hydrogen-bond donors (Lipinski definition) is 2. The van der Waals surface area contributed by atoms with E-state index in [0.717, 1.165) is 32.4 Å². The van der Waals surface area contributed by atoms with Crippen LogP contribution in [0.4, 0.5) is 8.78 Å². The van der Waals surface area contributed by atoms with E-state index >= 15 is 0 Å². The number of ether oxygens (including phenoxy) is 3. The molecule has 6 nitrogen and oxygen atoms in total. The first kappa shape index (κ1) is 20.5. The predicted molar refractivity (Wildman–Crippen MR) is 93.1 cm³/mol. The van der Waals surface area contributed by atoms with Crippen LogP contribution in [0.2, 0.25) is 0 Å². The van der Waals surface area contributed by atoms with Crippen LogP contribution in [0.15, 0.2) is 12.1 Å². The third-order valence-electron chi connectivity index (χ3n) is 4.49. The predicted octanol–water partition coefficient (Wildman–Crippen LogP) is 2.83. The molecule has 1 aromatic rings. The van der Waals surface area contributed by atoms with E-state index in [4.69, 9.17) is 9.47 Å². The Morgan fingerprint density at radius 1 is 1.27 bits per heavy atom. The van der Waals surface area contributed by atoms with Gasteiger partial charge in [0.2, 0.25) is 12.7 Å². The smallest absolute Gasteiger partial charge is 0.387 e. The van der Waals surface area contributed by atoms with E-state index in [1.807, 2.05) is 0 Å². The molecule has 0 bridgehead atoms. The minimum atomic E-state index is -2.95. The Bertz CT molecular complexity index is 613. The second kappa shape index (κ2) is 9.78. The second-order valence-corrected chi connectivity index (χ2v) is 6.20. The van der Waals surface area contributed by atoms with Crippen LogP contribution in [0.25, 0.3) is 0 Å². The normalized spacial score (nSPS) is 16.3. The van der Waals surface area contributed by atoms with E-state index in [1.165, 1.54) is 6.07 Å². The Kier molecular flexibility index (Phi) is 7.71. The summed E-state index contributed by atoms with van der Waals surface area (Å²) in [7, 11) is 0. The van der Waals surface area contributed by atoms with Crippen LogP contribution < -0.4 is 24.8 Å². The molecule has 1 fully saturated rings. The van der Waals surface area contributed by atoms with E-state index in [1.54, 1.807) is 6.07 Å². The third kappa shape index (κ3) is 5.60. The lowest BCUT2D eigenvalue weighted by Crippen LogP contribution is -2.29. The lowest BCUT2D eigenvalue weighted by molar-refractivity contribution is -0.121. The summed E-state index contributed by atoms with van der Waals surface area (Å²) in [5.41, 5.74) is 0.430. The van der Waals surface area contributed by atoms with Crippen molar-refractivity contribution in [2.45, 2.75) is 38.8 Å². The molecule has 2 aliphatic heterocycles. The van der Waals surface area contributed by atoms with E-state index in [2.05, 4.69) is 15.4 Å². The van der Waals surface area contributed by atoms with Gasteiger partial charge in [0.25, 0.3) is 0 Å². The zero-order valence-electron chi connectivity index (χ0n) is 14.3. The highest BCUT2D eigenvalue weighted by Crippen LogP contribution is 2.38. The van der Waals surface area contributed by atoms with Gasteiger partial charge in [-0.25, -0.2) is 0 Å². The summed E-state index contributed by atoms with van der Waals surface area (Å²) >= 11 is 0. The molecule has 0 radical (unpaired) electrons. The monoisotopic (exact) mass is 392 g/mol. The van der Waals surface area contributed by atoms with Crippen molar-refractivity contribution >= 4 is 18.3 Å². The van der Waals surface area contributed by atoms with Crippen molar-refractivity contribution in [1.29, 1.82) is 0 Å². The van der Waals surface area contributed by atoms with Gasteiger partial charge in [-0.2, -0.15) is 8.78 Å². The minimum absolute atomic E-state index is 0. The Morgan fingerprint density at radius 2 is 1.96 bits per heavy atom. The number of benzene rings is 1. The van der Waals surface area contributed by atoms with Crippen LogP contribution in [0.5, 0.6) is 17.2 Å². The highest BCUT2D eigenvalue weighted by atomic mass is 35.5. The standard InChI is InChI=1S/C17H22F2N2O4.ClH/c18-17(19)25-13-8-15-14(23-10-24-15)7-12(13)9-21-16(22)2-1-11-3-5-20-6-4-11;/h7-8,11,17,20H,1-6,9-10H2,(H,21,22);1H. The van der Waals surface area contributed by atoms with Gasteiger partial charge in [-0.15, -0.1) is 12.4 Å². The number of alkyl halides is 2. The van der Waals surface area contributed by atoms with Crippen LogP contribution in [0, 0.1) is 5.92 Å². The fourth-order valence-corrected chi connectivity index (χ4v) is 3.10. The van der Waals surface area contributed by atoms with Gasteiger partial charge < -0.3 is 24.8 Å². The largest absolute Gasteiger partial charge is 0.454 e. The lowest BCUT2D eigenvalue weighted by atomic mass is 9.93. The van der Waals surface area contributed by atoms with Gasteiger partial charge >= 0.3 is 6.61 Å². The fourth-order valence-electron chi connectivity index (χ4n) is 3.10. The summed E-state index contributed by atoms with van der Waals surface area (Å²) in [4.78, 5) is 12.1. The van der Waals surface area contributed by atoms with Crippen LogP contribution in [-0.2, 0) is 11.3 Å². The highest BCUT2D eigenvalue weighted by Gasteiger charge is 2.20. The molecule has 1 amide bonds. The van der Waals surface area contributed by atoms with Crippen LogP contribution >= 0.6 is 12.4 Å². The molecule has 0 saturated carbocycles. The second-order valence-electron chi connectivity index (χ2n) is 6.20. The number of rotatable bonds is 7. The van der Waals surface area contributed by atoms with Crippen molar-refractivity contribution in [3.05, 3.63) is 17.7 Å². The third-order valence-corrected chi connectivity index (χ3v) is 4.49. The molecule has 146 valence electrons. The Labute approximate surface area is 157 Å². The molecule has 2 N–H and O–H groups in total. The molecule has 3 rings (SSSR count). The van der Waals surface area contributed by atoms with E-state index in [-0.39, 0.29) is 37.4 Å². The average molecular weight is 393 g/mol. The molecule has 2 aliphatic rings. The average Bonchev–Trinajstić information content (AvgIpc) is 3.05. The van der Waals surface area contributed by atoms with Crippen molar-refractivity contribution in [3.63, 3.8) is 0 Å². The number of hydrogen-bond acceptors (Lipinski definition) is 5. The quantitative estimate of drug-likeness (QED) is 0.746. The summed E-state index contributed by atoms with van der Waals surface area (Å²) < 4.78 is 40.1. The van der Waals surface area contributed by atoms with Gasteiger partial charge in [-0.1, -0.05) is 0 Å². The summed E-state index contributed by atoms with van der Waals surface area (Å²) in [5, 5.41) is 6.06. The van der Waals surface area contributed by atoms with Gasteiger partial charge in [-0.3, -0.25) is 4.79 Å². The van der Waals surface area contributed by atoms with Crippen LogP contribution in [0.3, 0.4) is 0 Å². The van der Waals surface area contributed by atoms with Gasteiger partial charge in [0.1, 0.15) is 5.75 Å². The lowest BCUT2D eigenvalue weighted by Gasteiger charge is -2.22. The Morgan fingerprint density at radius 3 is 2.65 bits per heavy atom. The summed E-state index contributed by atoms with van der Waals surface area (Å²) in [6.07, 6.45) is 3.44. The molecule has 0 unspecified atom stereocenters. The molecule has 1 aromatic carbocycles. The van der Waals surface area contributed by atoms with Gasteiger partial charge in [-0.05, 0) is 44.3 Å². The summed E-state index contributed by atoms with van der Waals surface area (Å²) in [6.45, 7) is -0.816. The number of nitrogens with one attached hydrogen (secondary N) is 2. The molecule has 0 atom stereocenters. The molecule has 0 aliphatic carbocycles. The number of halogens is 3. The van der Waals surface area contributed by atoms with Crippen molar-refractivity contribution < 1.29 is 27.8 Å². The van der Waals surface area contributed by atoms with Gasteiger partial charge in [0.05, 0.1) is 0 Å². The van der Waals surface area contributed by atoms with E-state index < -0.39 is 6.61 Å². The van der Waals surface area contributed by atoms with Crippen LogP contribution in [0.1, 0.15) is 31.2 Å². The zero-order valence-corrected chi connectivity index (χ0v) is 15.1.